The first kappa shape index (κ1) is 29.8. The standard InChI is InChI=1S/C29H42O7/c1-5-31-21-27(25-13-9-7-10-14-25)33-17-23(3)19-35-29(30)36-20-24(4)18-34-28(22-32-6-2)26-15-11-8-12-16-26/h7-16,23-24,27-28H,5-6,17-22H2,1-4H3. The van der Waals surface area contributed by atoms with Crippen LogP contribution in [0.15, 0.2) is 60.7 Å². The summed E-state index contributed by atoms with van der Waals surface area (Å²) in [5, 5.41) is 0. The van der Waals surface area contributed by atoms with Crippen LogP contribution in [0, 0.1) is 11.8 Å². The lowest BCUT2D eigenvalue weighted by Crippen LogP contribution is -2.23. The molecule has 0 radical (unpaired) electrons. The average molecular weight is 503 g/mol. The Bertz CT molecular complexity index is 747. The van der Waals surface area contributed by atoms with E-state index >= 15 is 0 Å². The number of hydrogen-bond donors (Lipinski definition) is 0. The molecule has 0 heterocycles. The highest BCUT2D eigenvalue weighted by molar-refractivity contribution is 5.59. The molecule has 4 atom stereocenters. The first-order valence-electron chi connectivity index (χ1n) is 12.8. The van der Waals surface area contributed by atoms with E-state index in [-0.39, 0.29) is 37.3 Å². The maximum absolute atomic E-state index is 12.1. The van der Waals surface area contributed by atoms with Crippen LogP contribution in [0.3, 0.4) is 0 Å². The van der Waals surface area contributed by atoms with Gasteiger partial charge in [-0.2, -0.15) is 0 Å². The lowest BCUT2D eigenvalue weighted by molar-refractivity contribution is -0.0442. The summed E-state index contributed by atoms with van der Waals surface area (Å²) < 4.78 is 33.8. The molecule has 0 saturated heterocycles. The van der Waals surface area contributed by atoms with Gasteiger partial charge < -0.3 is 28.4 Å². The van der Waals surface area contributed by atoms with Crippen molar-refractivity contribution in [3.05, 3.63) is 71.8 Å². The van der Waals surface area contributed by atoms with Crippen molar-refractivity contribution in [2.24, 2.45) is 11.8 Å². The van der Waals surface area contributed by atoms with Crippen LogP contribution in [0.2, 0.25) is 0 Å². The van der Waals surface area contributed by atoms with Crippen LogP contribution in [-0.4, -0.2) is 59.0 Å². The predicted molar refractivity (Wildman–Crippen MR) is 139 cm³/mol. The average Bonchev–Trinajstić information content (AvgIpc) is 2.91. The zero-order valence-corrected chi connectivity index (χ0v) is 22.1. The summed E-state index contributed by atoms with van der Waals surface area (Å²) in [6.07, 6.45) is -1.01. The minimum absolute atomic E-state index is 0.0105. The van der Waals surface area contributed by atoms with Gasteiger partial charge in [0.05, 0.1) is 39.6 Å². The third-order valence-corrected chi connectivity index (χ3v) is 5.42. The molecule has 0 N–H and O–H groups in total. The van der Waals surface area contributed by atoms with Crippen LogP contribution >= 0.6 is 0 Å². The number of carbonyl (C=O) groups is 1. The summed E-state index contributed by atoms with van der Waals surface area (Å²) in [5.41, 5.74) is 2.12. The Hall–Kier alpha value is -2.45. The van der Waals surface area contributed by atoms with Gasteiger partial charge in [0.2, 0.25) is 0 Å². The van der Waals surface area contributed by atoms with Crippen molar-refractivity contribution in [2.75, 3.05) is 52.9 Å². The SMILES string of the molecule is CCOCC(OCC(C)COC(=O)OCC(C)COC(COCC)c1ccccc1)c1ccccc1. The summed E-state index contributed by atoms with van der Waals surface area (Å²) >= 11 is 0. The zero-order chi connectivity index (χ0) is 26.0. The molecule has 2 rings (SSSR count). The first-order chi connectivity index (χ1) is 17.5. The van der Waals surface area contributed by atoms with E-state index in [9.17, 15) is 4.79 Å². The van der Waals surface area contributed by atoms with Gasteiger partial charge >= 0.3 is 6.16 Å². The maximum Gasteiger partial charge on any atom is 0.508 e. The fourth-order valence-corrected chi connectivity index (χ4v) is 3.39. The fourth-order valence-electron chi connectivity index (χ4n) is 3.39. The van der Waals surface area contributed by atoms with Crippen molar-refractivity contribution in [1.29, 1.82) is 0 Å². The Labute approximate surface area is 216 Å². The number of benzene rings is 2. The van der Waals surface area contributed by atoms with Gasteiger partial charge in [-0.25, -0.2) is 4.79 Å². The van der Waals surface area contributed by atoms with E-state index in [2.05, 4.69) is 0 Å². The van der Waals surface area contributed by atoms with Gasteiger partial charge in [-0.05, 0) is 25.0 Å². The molecule has 7 nitrogen and oxygen atoms in total. The molecule has 4 unspecified atom stereocenters. The molecule has 0 bridgehead atoms. The van der Waals surface area contributed by atoms with E-state index in [4.69, 9.17) is 28.4 Å². The van der Waals surface area contributed by atoms with E-state index < -0.39 is 6.16 Å². The number of ether oxygens (including phenoxy) is 6. The lowest BCUT2D eigenvalue weighted by atomic mass is 10.1. The first-order valence-corrected chi connectivity index (χ1v) is 12.8. The summed E-state index contributed by atoms with van der Waals surface area (Å²) in [4.78, 5) is 12.1. The molecule has 2 aromatic rings. The van der Waals surface area contributed by atoms with E-state index in [1.807, 2.05) is 88.4 Å². The highest BCUT2D eigenvalue weighted by Gasteiger charge is 2.17. The molecule has 0 aliphatic carbocycles. The Morgan fingerprint density at radius 1 is 0.611 bits per heavy atom. The van der Waals surface area contributed by atoms with Crippen molar-refractivity contribution in [1.82, 2.24) is 0 Å². The van der Waals surface area contributed by atoms with Crippen LogP contribution < -0.4 is 0 Å². The molecule has 0 amide bonds. The van der Waals surface area contributed by atoms with Gasteiger partial charge in [-0.15, -0.1) is 0 Å². The molecule has 36 heavy (non-hydrogen) atoms. The van der Waals surface area contributed by atoms with Crippen LogP contribution in [0.25, 0.3) is 0 Å². The molecule has 200 valence electrons. The highest BCUT2D eigenvalue weighted by Crippen LogP contribution is 2.20. The summed E-state index contributed by atoms with van der Waals surface area (Å²) in [6.45, 7) is 11.4. The van der Waals surface area contributed by atoms with Gasteiger partial charge in [0.15, 0.2) is 0 Å². The van der Waals surface area contributed by atoms with Gasteiger partial charge in [0, 0.05) is 25.0 Å². The monoisotopic (exact) mass is 502 g/mol. The van der Waals surface area contributed by atoms with Gasteiger partial charge in [-0.1, -0.05) is 74.5 Å². The van der Waals surface area contributed by atoms with Gasteiger partial charge in [0.25, 0.3) is 0 Å². The summed E-state index contributed by atoms with van der Waals surface area (Å²) in [5.74, 6) is 0.0210. The molecule has 0 aromatic heterocycles. The zero-order valence-electron chi connectivity index (χ0n) is 22.1. The second-order valence-corrected chi connectivity index (χ2v) is 8.87. The Balaban J connectivity index is 1.67. The maximum atomic E-state index is 12.1. The molecule has 0 spiro atoms. The van der Waals surface area contributed by atoms with Crippen LogP contribution in [0.5, 0.6) is 0 Å². The highest BCUT2D eigenvalue weighted by atomic mass is 16.7. The predicted octanol–water partition coefficient (Wildman–Crippen LogP) is 6.00. The second kappa shape index (κ2) is 17.9. The molecule has 0 fully saturated rings. The molecule has 2 aromatic carbocycles. The Morgan fingerprint density at radius 3 is 1.36 bits per heavy atom. The summed E-state index contributed by atoms with van der Waals surface area (Å²) in [6, 6.07) is 19.9. The Kier molecular flexibility index (Phi) is 14.8. The van der Waals surface area contributed by atoms with Crippen LogP contribution in [-0.2, 0) is 28.4 Å². The smallest absolute Gasteiger partial charge is 0.434 e. The third kappa shape index (κ3) is 12.0. The van der Waals surface area contributed by atoms with E-state index in [1.165, 1.54) is 0 Å². The molecule has 0 saturated carbocycles. The quantitative estimate of drug-likeness (QED) is 0.232. The molecular weight excluding hydrogens is 460 g/mol. The normalized spacial score (nSPS) is 14.6. The third-order valence-electron chi connectivity index (χ3n) is 5.42. The second-order valence-electron chi connectivity index (χ2n) is 8.87. The van der Waals surface area contributed by atoms with E-state index in [0.29, 0.717) is 39.6 Å². The van der Waals surface area contributed by atoms with Crippen LogP contribution in [0.1, 0.15) is 51.0 Å². The lowest BCUT2D eigenvalue weighted by Gasteiger charge is -2.21. The van der Waals surface area contributed by atoms with Gasteiger partial charge in [-0.3, -0.25) is 0 Å². The number of rotatable bonds is 18. The van der Waals surface area contributed by atoms with Crippen molar-refractivity contribution in [3.63, 3.8) is 0 Å². The largest absolute Gasteiger partial charge is 0.508 e. The molecule has 7 heteroatoms. The molecule has 0 aliphatic rings. The topological polar surface area (TPSA) is 72.5 Å². The van der Waals surface area contributed by atoms with E-state index in [0.717, 1.165) is 11.1 Å². The van der Waals surface area contributed by atoms with Crippen LogP contribution in [0.4, 0.5) is 4.79 Å². The minimum atomic E-state index is -0.684. The fraction of sp³-hybridized carbons (Fsp3) is 0.552. The van der Waals surface area contributed by atoms with Crippen molar-refractivity contribution in [2.45, 2.75) is 39.9 Å². The van der Waals surface area contributed by atoms with Crippen molar-refractivity contribution >= 4 is 6.16 Å². The van der Waals surface area contributed by atoms with E-state index in [1.54, 1.807) is 0 Å². The number of hydrogen-bond acceptors (Lipinski definition) is 7. The van der Waals surface area contributed by atoms with Crippen molar-refractivity contribution < 1.29 is 33.2 Å². The van der Waals surface area contributed by atoms with Gasteiger partial charge in [0.1, 0.15) is 12.2 Å². The summed E-state index contributed by atoms with van der Waals surface area (Å²) in [7, 11) is 0. The minimum Gasteiger partial charge on any atom is -0.434 e. The van der Waals surface area contributed by atoms with Crippen molar-refractivity contribution in [3.8, 4) is 0 Å². The Morgan fingerprint density at radius 2 is 1.00 bits per heavy atom. The molecule has 0 aliphatic heterocycles. The number of carbonyl (C=O) groups excluding carboxylic acids is 1. The molecular formula is C29H42O7.